The Bertz CT molecular complexity index is 590. The van der Waals surface area contributed by atoms with Crippen molar-refractivity contribution in [1.82, 2.24) is 0 Å². The highest BCUT2D eigenvalue weighted by Crippen LogP contribution is 2.31. The van der Waals surface area contributed by atoms with Crippen LogP contribution in [0.2, 0.25) is 0 Å². The minimum Gasteiger partial charge on any atom is -0.496 e. The molecule has 1 aromatic carbocycles. The fourth-order valence-corrected chi connectivity index (χ4v) is 1.63. The van der Waals surface area contributed by atoms with E-state index in [9.17, 15) is 14.9 Å². The van der Waals surface area contributed by atoms with Crippen molar-refractivity contribution >= 4 is 17.4 Å². The van der Waals surface area contributed by atoms with Gasteiger partial charge in [-0.15, -0.1) is 0 Å². The highest BCUT2D eigenvalue weighted by Gasteiger charge is 2.17. The molecule has 0 saturated heterocycles. The average molecular weight is 263 g/mol. The molecule has 0 amide bonds. The van der Waals surface area contributed by atoms with E-state index in [-0.39, 0.29) is 18.0 Å². The van der Waals surface area contributed by atoms with Gasteiger partial charge in [-0.2, -0.15) is 0 Å². The fourth-order valence-electron chi connectivity index (χ4n) is 1.63. The second kappa shape index (κ2) is 5.21. The van der Waals surface area contributed by atoms with E-state index in [4.69, 9.17) is 9.84 Å². The number of non-ortho nitro benzene ring substituents is 1. The summed E-state index contributed by atoms with van der Waals surface area (Å²) >= 11 is 0. The maximum absolute atomic E-state index is 10.8. The van der Waals surface area contributed by atoms with Crippen LogP contribution in [0.5, 0.6) is 5.75 Å². The van der Waals surface area contributed by atoms with Crippen LogP contribution in [0.1, 0.15) is 5.56 Å². The number of nitro benzene ring substituents is 1. The molecule has 0 fully saturated rings. The van der Waals surface area contributed by atoms with Gasteiger partial charge in [0.1, 0.15) is 12.4 Å². The van der Waals surface area contributed by atoms with Gasteiger partial charge < -0.3 is 14.6 Å². The lowest BCUT2D eigenvalue weighted by Crippen LogP contribution is -2.07. The van der Waals surface area contributed by atoms with Crippen molar-refractivity contribution < 1.29 is 24.3 Å². The summed E-state index contributed by atoms with van der Waals surface area (Å²) in [5.41, 5.74) is 0.770. The SMILES string of the molecule is O=C(O)Oc1ccc([N+](=O)[O-])cc1C1=CC=COC1. The summed E-state index contributed by atoms with van der Waals surface area (Å²) in [6, 6.07) is 3.69. The summed E-state index contributed by atoms with van der Waals surface area (Å²) in [6.07, 6.45) is 3.28. The van der Waals surface area contributed by atoms with Gasteiger partial charge >= 0.3 is 6.16 Å². The standard InChI is InChI=1S/C12H9NO6/c14-12(15)19-11-4-3-9(13(16)17)6-10(11)8-2-1-5-18-7-8/h1-6H,7H2,(H,14,15). The number of rotatable bonds is 3. The van der Waals surface area contributed by atoms with Crippen molar-refractivity contribution in [1.29, 1.82) is 0 Å². The van der Waals surface area contributed by atoms with E-state index in [1.807, 2.05) is 0 Å². The van der Waals surface area contributed by atoms with Gasteiger partial charge in [-0.25, -0.2) is 4.79 Å². The molecular weight excluding hydrogens is 254 g/mol. The number of hydrogen-bond acceptors (Lipinski definition) is 5. The van der Waals surface area contributed by atoms with Crippen molar-refractivity contribution in [2.75, 3.05) is 6.61 Å². The number of carboxylic acid groups (broad SMARTS) is 1. The van der Waals surface area contributed by atoms with Crippen molar-refractivity contribution in [2.24, 2.45) is 0 Å². The number of nitrogens with zero attached hydrogens (tertiary/aromatic N) is 1. The molecule has 0 spiro atoms. The third-order valence-corrected chi connectivity index (χ3v) is 2.43. The van der Waals surface area contributed by atoms with Gasteiger partial charge in [-0.3, -0.25) is 10.1 Å². The highest BCUT2D eigenvalue weighted by molar-refractivity contribution is 5.77. The van der Waals surface area contributed by atoms with Gasteiger partial charge in [0.15, 0.2) is 0 Å². The Morgan fingerprint density at radius 3 is 2.84 bits per heavy atom. The van der Waals surface area contributed by atoms with Crippen LogP contribution in [0, 0.1) is 10.1 Å². The van der Waals surface area contributed by atoms with Crippen LogP contribution in [0.15, 0.2) is 36.6 Å². The third-order valence-electron chi connectivity index (χ3n) is 2.43. The smallest absolute Gasteiger partial charge is 0.496 e. The number of carbonyl (C=O) groups is 1. The third kappa shape index (κ3) is 2.89. The Morgan fingerprint density at radius 1 is 1.47 bits per heavy atom. The van der Waals surface area contributed by atoms with Crippen molar-refractivity contribution in [3.63, 3.8) is 0 Å². The van der Waals surface area contributed by atoms with Crippen LogP contribution in [0.4, 0.5) is 10.5 Å². The van der Waals surface area contributed by atoms with Gasteiger partial charge in [-0.1, -0.05) is 6.08 Å². The molecule has 0 aliphatic carbocycles. The predicted molar refractivity (Wildman–Crippen MR) is 64.8 cm³/mol. The molecule has 1 aliphatic heterocycles. The van der Waals surface area contributed by atoms with Gasteiger partial charge in [-0.05, 0) is 12.1 Å². The van der Waals surface area contributed by atoms with E-state index in [2.05, 4.69) is 4.74 Å². The highest BCUT2D eigenvalue weighted by atomic mass is 16.7. The van der Waals surface area contributed by atoms with E-state index in [0.717, 1.165) is 0 Å². The molecule has 1 N–H and O–H groups in total. The lowest BCUT2D eigenvalue weighted by molar-refractivity contribution is -0.384. The Morgan fingerprint density at radius 2 is 2.26 bits per heavy atom. The second-order valence-electron chi connectivity index (χ2n) is 3.64. The van der Waals surface area contributed by atoms with Gasteiger partial charge in [0.05, 0.1) is 11.2 Å². The van der Waals surface area contributed by atoms with Crippen LogP contribution >= 0.6 is 0 Å². The monoisotopic (exact) mass is 263 g/mol. The Labute approximate surface area is 107 Å². The Kier molecular flexibility index (Phi) is 3.46. The zero-order valence-corrected chi connectivity index (χ0v) is 9.61. The number of ether oxygens (including phenoxy) is 2. The summed E-state index contributed by atoms with van der Waals surface area (Å²) < 4.78 is 9.68. The topological polar surface area (TPSA) is 98.9 Å². The zero-order chi connectivity index (χ0) is 13.8. The molecule has 1 heterocycles. The first kappa shape index (κ1) is 12.6. The molecule has 0 radical (unpaired) electrons. The van der Waals surface area contributed by atoms with Crippen LogP contribution < -0.4 is 4.74 Å². The zero-order valence-electron chi connectivity index (χ0n) is 9.61. The first-order valence-electron chi connectivity index (χ1n) is 5.25. The Balaban J connectivity index is 2.49. The molecule has 0 saturated carbocycles. The number of benzene rings is 1. The molecule has 0 atom stereocenters. The van der Waals surface area contributed by atoms with Crippen molar-refractivity contribution in [2.45, 2.75) is 0 Å². The van der Waals surface area contributed by atoms with Gasteiger partial charge in [0.25, 0.3) is 5.69 Å². The van der Waals surface area contributed by atoms with Crippen molar-refractivity contribution in [3.8, 4) is 5.75 Å². The largest absolute Gasteiger partial charge is 0.511 e. The summed E-state index contributed by atoms with van der Waals surface area (Å²) in [4.78, 5) is 20.8. The van der Waals surface area contributed by atoms with Gasteiger partial charge in [0, 0.05) is 23.3 Å². The van der Waals surface area contributed by atoms with Gasteiger partial charge in [0.2, 0.25) is 0 Å². The first-order valence-corrected chi connectivity index (χ1v) is 5.25. The van der Waals surface area contributed by atoms with Crippen LogP contribution in [0.3, 0.4) is 0 Å². The molecule has 0 bridgehead atoms. The molecular formula is C12H9NO6. The molecule has 7 heteroatoms. The quantitative estimate of drug-likeness (QED) is 0.389. The average Bonchev–Trinajstić information content (AvgIpc) is 2.39. The van der Waals surface area contributed by atoms with E-state index in [1.165, 1.54) is 24.5 Å². The number of hydrogen-bond donors (Lipinski definition) is 1. The molecule has 19 heavy (non-hydrogen) atoms. The minimum atomic E-state index is -1.48. The molecule has 1 aliphatic rings. The van der Waals surface area contributed by atoms with E-state index < -0.39 is 11.1 Å². The van der Waals surface area contributed by atoms with Crippen LogP contribution in [-0.2, 0) is 4.74 Å². The molecule has 7 nitrogen and oxygen atoms in total. The molecule has 98 valence electrons. The normalized spacial score (nSPS) is 13.4. The molecule has 2 rings (SSSR count). The summed E-state index contributed by atoms with van der Waals surface area (Å²) in [6.45, 7) is 0.188. The number of nitro groups is 1. The molecule has 1 aromatic rings. The lowest BCUT2D eigenvalue weighted by Gasteiger charge is -2.13. The van der Waals surface area contributed by atoms with E-state index in [0.29, 0.717) is 11.1 Å². The van der Waals surface area contributed by atoms with Crippen LogP contribution in [0.25, 0.3) is 5.57 Å². The van der Waals surface area contributed by atoms with Crippen LogP contribution in [-0.4, -0.2) is 22.8 Å². The maximum Gasteiger partial charge on any atom is 0.511 e. The minimum absolute atomic E-state index is 0.0308. The predicted octanol–water partition coefficient (Wildman–Crippen LogP) is 2.58. The summed E-state index contributed by atoms with van der Waals surface area (Å²) in [7, 11) is 0. The maximum atomic E-state index is 10.8. The fraction of sp³-hybridized carbons (Fsp3) is 0.0833. The molecule has 0 aromatic heterocycles. The molecule has 0 unspecified atom stereocenters. The number of allylic oxidation sites excluding steroid dienone is 2. The van der Waals surface area contributed by atoms with E-state index >= 15 is 0 Å². The first-order chi connectivity index (χ1) is 9.08. The van der Waals surface area contributed by atoms with Crippen molar-refractivity contribution in [3.05, 3.63) is 52.3 Å². The lowest BCUT2D eigenvalue weighted by atomic mass is 10.0. The Hall–Kier alpha value is -2.83. The van der Waals surface area contributed by atoms with E-state index in [1.54, 1.807) is 12.2 Å². The summed E-state index contributed by atoms with van der Waals surface area (Å²) in [5.74, 6) is 0.0308. The summed E-state index contributed by atoms with van der Waals surface area (Å²) in [5, 5.41) is 19.4. The second-order valence-corrected chi connectivity index (χ2v) is 3.64.